The van der Waals surface area contributed by atoms with E-state index in [2.05, 4.69) is 11.1 Å². The molecule has 0 atom stereocenters. The van der Waals surface area contributed by atoms with E-state index in [9.17, 15) is 17.6 Å². The van der Waals surface area contributed by atoms with Crippen molar-refractivity contribution in [1.29, 1.82) is 0 Å². The van der Waals surface area contributed by atoms with E-state index in [1.54, 1.807) is 4.90 Å². The molecule has 32 heavy (non-hydrogen) atoms. The smallest absolute Gasteiger partial charge is 0.409 e. The first-order valence-corrected chi connectivity index (χ1v) is 13.3. The molecule has 0 N–H and O–H groups in total. The van der Waals surface area contributed by atoms with Gasteiger partial charge < -0.3 is 9.64 Å². The summed E-state index contributed by atoms with van der Waals surface area (Å²) in [7, 11) is -3.47. The van der Waals surface area contributed by atoms with E-state index in [4.69, 9.17) is 4.74 Å². The summed E-state index contributed by atoms with van der Waals surface area (Å²) in [4.78, 5) is 18.3. The van der Waals surface area contributed by atoms with Gasteiger partial charge in [-0.2, -0.15) is 0 Å². The second kappa shape index (κ2) is 9.15. The third-order valence-electron chi connectivity index (χ3n) is 5.67. The highest BCUT2D eigenvalue weighted by atomic mass is 32.2. The number of benzene rings is 2. The van der Waals surface area contributed by atoms with Crippen LogP contribution in [0.3, 0.4) is 0 Å². The molecule has 3 aromatic rings. The largest absolute Gasteiger partial charge is 0.449 e. The molecule has 0 radical (unpaired) electrons. The highest BCUT2D eigenvalue weighted by Gasteiger charge is 2.25. The van der Waals surface area contributed by atoms with Gasteiger partial charge >= 0.3 is 6.09 Å². The van der Waals surface area contributed by atoms with Crippen molar-refractivity contribution >= 4 is 37.5 Å². The summed E-state index contributed by atoms with van der Waals surface area (Å²) < 4.78 is 44.1. The van der Waals surface area contributed by atoms with Crippen LogP contribution in [0.5, 0.6) is 0 Å². The van der Waals surface area contributed by atoms with E-state index in [1.807, 2.05) is 19.1 Å². The molecule has 1 aromatic heterocycles. The molecule has 0 saturated carbocycles. The van der Waals surface area contributed by atoms with Gasteiger partial charge in [-0.3, -0.25) is 0 Å². The lowest BCUT2D eigenvalue weighted by Gasteiger charge is -2.31. The number of carbonyl (C=O) groups is 1. The molecular formula is C23H25FN2O4S2. The number of aromatic nitrogens is 1. The van der Waals surface area contributed by atoms with Gasteiger partial charge in [0.2, 0.25) is 0 Å². The molecule has 0 bridgehead atoms. The number of likely N-dealkylation sites (tertiary alicyclic amines) is 1. The minimum absolute atomic E-state index is 0.0490. The maximum atomic E-state index is 14.6. The molecule has 1 amide bonds. The second-order valence-corrected chi connectivity index (χ2v) is 11.1. The Bertz CT molecular complexity index is 1250. The number of sulfone groups is 1. The molecule has 1 aliphatic rings. The summed E-state index contributed by atoms with van der Waals surface area (Å²) in [5.74, 6) is -0.263. The van der Waals surface area contributed by atoms with Crippen LogP contribution in [0.15, 0.2) is 41.3 Å². The monoisotopic (exact) mass is 476 g/mol. The highest BCUT2D eigenvalue weighted by molar-refractivity contribution is 7.90. The number of hydrogen-bond donors (Lipinski definition) is 0. The van der Waals surface area contributed by atoms with Crippen LogP contribution in [0.2, 0.25) is 0 Å². The zero-order valence-electron chi connectivity index (χ0n) is 18.0. The number of nitrogens with zero attached hydrogens (tertiary/aromatic N) is 2. The Morgan fingerprint density at radius 2 is 1.97 bits per heavy atom. The number of thiazole rings is 1. The lowest BCUT2D eigenvalue weighted by molar-refractivity contribution is 0.0927. The first-order chi connectivity index (χ1) is 15.3. The van der Waals surface area contributed by atoms with E-state index < -0.39 is 15.7 Å². The molecular weight excluding hydrogens is 451 g/mol. The van der Waals surface area contributed by atoms with Crippen molar-refractivity contribution in [2.45, 2.75) is 37.0 Å². The van der Waals surface area contributed by atoms with Crippen molar-refractivity contribution in [3.63, 3.8) is 0 Å². The first-order valence-electron chi connectivity index (χ1n) is 10.6. The zero-order chi connectivity index (χ0) is 22.9. The minimum Gasteiger partial charge on any atom is -0.449 e. The van der Waals surface area contributed by atoms with E-state index in [0.717, 1.165) is 41.8 Å². The van der Waals surface area contributed by atoms with Gasteiger partial charge in [0.1, 0.15) is 10.8 Å². The number of fused-ring (bicyclic) bond motifs is 1. The van der Waals surface area contributed by atoms with Crippen LogP contribution in [0.1, 0.15) is 37.7 Å². The lowest BCUT2D eigenvalue weighted by atomic mass is 9.89. The van der Waals surface area contributed by atoms with Crippen molar-refractivity contribution in [1.82, 2.24) is 9.88 Å². The van der Waals surface area contributed by atoms with E-state index in [-0.39, 0.29) is 11.0 Å². The van der Waals surface area contributed by atoms with Crippen LogP contribution in [-0.4, -0.2) is 50.3 Å². The van der Waals surface area contributed by atoms with Gasteiger partial charge in [0.15, 0.2) is 9.84 Å². The van der Waals surface area contributed by atoms with E-state index in [0.29, 0.717) is 36.2 Å². The molecule has 2 heterocycles. The van der Waals surface area contributed by atoms with Crippen LogP contribution in [-0.2, 0) is 14.6 Å². The summed E-state index contributed by atoms with van der Waals surface area (Å²) in [5, 5.41) is 0.517. The number of hydrogen-bond acceptors (Lipinski definition) is 6. The van der Waals surface area contributed by atoms with Gasteiger partial charge in [0, 0.05) is 24.9 Å². The molecule has 6 nitrogen and oxygen atoms in total. The van der Waals surface area contributed by atoms with Crippen molar-refractivity contribution < 1.29 is 22.3 Å². The average molecular weight is 477 g/mol. The second-order valence-electron chi connectivity index (χ2n) is 8.04. The highest BCUT2D eigenvalue weighted by Crippen LogP contribution is 2.36. The molecule has 1 aliphatic heterocycles. The number of halogens is 1. The van der Waals surface area contributed by atoms with Crippen molar-refractivity contribution in [3.05, 3.63) is 47.8 Å². The number of ether oxygens (including phenoxy) is 1. The summed E-state index contributed by atoms with van der Waals surface area (Å²) in [6.07, 6.45) is 3.35. The van der Waals surface area contributed by atoms with Gasteiger partial charge in [0.05, 0.1) is 21.7 Å². The quantitative estimate of drug-likeness (QED) is 0.504. The minimum atomic E-state index is -3.47. The Morgan fingerprint density at radius 1 is 1.22 bits per heavy atom. The lowest BCUT2D eigenvalue weighted by Crippen LogP contribution is -2.38. The first kappa shape index (κ1) is 22.7. The van der Waals surface area contributed by atoms with Gasteiger partial charge in [-0.1, -0.05) is 13.0 Å². The molecule has 1 fully saturated rings. The van der Waals surface area contributed by atoms with Crippen molar-refractivity contribution in [2.24, 2.45) is 0 Å². The molecule has 2 aromatic carbocycles. The van der Waals surface area contributed by atoms with E-state index >= 15 is 0 Å². The predicted molar refractivity (Wildman–Crippen MR) is 123 cm³/mol. The molecule has 4 rings (SSSR count). The number of amides is 1. The van der Waals surface area contributed by atoms with Crippen LogP contribution in [0.4, 0.5) is 9.18 Å². The SMILES string of the molecule is CCCOC(=O)N1CCC(c2ccc3nc(-c4ccc(S(C)(=O)=O)cc4F)sc3c2)CC1. The van der Waals surface area contributed by atoms with E-state index in [1.165, 1.54) is 29.0 Å². The van der Waals surface area contributed by atoms with Crippen LogP contribution in [0, 0.1) is 5.82 Å². The standard InChI is InChI=1S/C23H25FN2O4S2/c1-3-12-30-23(27)26-10-8-15(9-11-26)16-4-7-20-21(13-16)31-22(25-20)18-6-5-17(14-19(18)24)32(2,28)29/h4-7,13-15H,3,8-12H2,1-2H3. The van der Waals surface area contributed by atoms with Crippen LogP contribution in [0.25, 0.3) is 20.8 Å². The van der Waals surface area contributed by atoms with Crippen LogP contribution >= 0.6 is 11.3 Å². The van der Waals surface area contributed by atoms with Gasteiger partial charge in [-0.15, -0.1) is 11.3 Å². The number of rotatable bonds is 5. The summed E-state index contributed by atoms with van der Waals surface area (Å²) in [6.45, 7) is 3.74. The molecule has 0 spiro atoms. The van der Waals surface area contributed by atoms with Gasteiger partial charge in [-0.25, -0.2) is 22.6 Å². The topological polar surface area (TPSA) is 76.6 Å². The summed E-state index contributed by atoms with van der Waals surface area (Å²) in [6, 6.07) is 10.00. The Balaban J connectivity index is 1.51. The molecule has 170 valence electrons. The molecule has 0 unspecified atom stereocenters. The Morgan fingerprint density at radius 3 is 2.62 bits per heavy atom. The zero-order valence-corrected chi connectivity index (χ0v) is 19.6. The third kappa shape index (κ3) is 4.78. The maximum absolute atomic E-state index is 14.6. The normalized spacial score (nSPS) is 15.3. The molecule has 1 saturated heterocycles. The van der Waals surface area contributed by atoms with Crippen LogP contribution < -0.4 is 0 Å². The van der Waals surface area contributed by atoms with Gasteiger partial charge in [0.25, 0.3) is 0 Å². The van der Waals surface area contributed by atoms with Crippen molar-refractivity contribution in [2.75, 3.05) is 26.0 Å². The maximum Gasteiger partial charge on any atom is 0.409 e. The summed E-state index contributed by atoms with van der Waals surface area (Å²) in [5.41, 5.74) is 2.25. The fourth-order valence-electron chi connectivity index (χ4n) is 3.89. The van der Waals surface area contributed by atoms with Crippen molar-refractivity contribution in [3.8, 4) is 10.6 Å². The Labute approximate surface area is 190 Å². The Kier molecular flexibility index (Phi) is 6.48. The molecule has 9 heteroatoms. The third-order valence-corrected chi connectivity index (χ3v) is 7.83. The number of carbonyl (C=O) groups excluding carboxylic acids is 1. The fraction of sp³-hybridized carbons (Fsp3) is 0.391. The fourth-order valence-corrected chi connectivity index (χ4v) is 5.56. The van der Waals surface area contributed by atoms with Gasteiger partial charge in [-0.05, 0) is 61.1 Å². The molecule has 0 aliphatic carbocycles. The predicted octanol–water partition coefficient (Wildman–Crippen LogP) is 5.23. The summed E-state index contributed by atoms with van der Waals surface area (Å²) >= 11 is 1.39. The Hall–Kier alpha value is -2.52. The average Bonchev–Trinajstić information content (AvgIpc) is 3.20. The number of piperidine rings is 1.